The van der Waals surface area contributed by atoms with Crippen molar-refractivity contribution < 1.29 is 4.52 Å². The fourth-order valence-corrected chi connectivity index (χ4v) is 4.57. The van der Waals surface area contributed by atoms with Gasteiger partial charge in [0, 0.05) is 6.16 Å². The predicted octanol–water partition coefficient (Wildman–Crippen LogP) is 7.62. The molecule has 1 nitrogen and oxygen atoms in total. The highest BCUT2D eigenvalue weighted by Gasteiger charge is 2.09. The summed E-state index contributed by atoms with van der Waals surface area (Å²) in [5, 5.41) is 0. The van der Waals surface area contributed by atoms with Crippen molar-refractivity contribution >= 4 is 8.81 Å². The van der Waals surface area contributed by atoms with Crippen LogP contribution in [0.1, 0.15) is 59.6 Å². The van der Waals surface area contributed by atoms with E-state index in [9.17, 15) is 0 Å². The molecule has 0 saturated heterocycles. The standard InChI is InChI=1S/C27H33OP/c1-5-20(2)25-11-9-10-23(18-25)19-27-21(3)16-24(17-22(27)4)14-15-29-28-26-12-7-6-8-13-26/h6-13,16-18,20,29H,5,14-15,19H2,1-4H3. The maximum Gasteiger partial charge on any atom is 0.122 e. The Kier molecular flexibility index (Phi) is 7.90. The SMILES string of the molecule is CCC(C)c1cccc(Cc2c(C)cc(CCPOc3ccccc3)cc2C)c1. The van der Waals surface area contributed by atoms with Crippen molar-refractivity contribution in [2.75, 3.05) is 6.16 Å². The van der Waals surface area contributed by atoms with Crippen LogP contribution in [0.2, 0.25) is 0 Å². The molecule has 0 aliphatic rings. The van der Waals surface area contributed by atoms with E-state index in [2.05, 4.69) is 64.1 Å². The third-order valence-corrected chi connectivity index (χ3v) is 6.55. The molecule has 0 aliphatic heterocycles. The summed E-state index contributed by atoms with van der Waals surface area (Å²) in [6.07, 6.45) is 4.33. The van der Waals surface area contributed by atoms with Crippen molar-refractivity contribution in [1.82, 2.24) is 0 Å². The first-order valence-electron chi connectivity index (χ1n) is 10.7. The lowest BCUT2D eigenvalue weighted by molar-refractivity contribution is 0.630. The lowest BCUT2D eigenvalue weighted by atomic mass is 9.91. The van der Waals surface area contributed by atoms with Crippen LogP contribution in [0.25, 0.3) is 0 Å². The average Bonchev–Trinajstić information content (AvgIpc) is 2.74. The molecule has 2 unspecified atom stereocenters. The second-order valence-electron chi connectivity index (χ2n) is 8.00. The van der Waals surface area contributed by atoms with Crippen LogP contribution in [0.5, 0.6) is 5.75 Å². The normalized spacial score (nSPS) is 12.4. The van der Waals surface area contributed by atoms with E-state index in [4.69, 9.17) is 4.52 Å². The summed E-state index contributed by atoms with van der Waals surface area (Å²) >= 11 is 0. The smallest absolute Gasteiger partial charge is 0.122 e. The van der Waals surface area contributed by atoms with Crippen molar-refractivity contribution in [3.63, 3.8) is 0 Å². The number of hydrogen-bond donors (Lipinski definition) is 0. The minimum absolute atomic E-state index is 0.500. The second-order valence-corrected chi connectivity index (χ2v) is 8.99. The number of aryl methyl sites for hydroxylation is 3. The molecule has 3 aromatic carbocycles. The largest absolute Gasteiger partial charge is 0.477 e. The summed E-state index contributed by atoms with van der Waals surface area (Å²) in [4.78, 5) is 0. The molecule has 0 bridgehead atoms. The molecule has 152 valence electrons. The summed E-state index contributed by atoms with van der Waals surface area (Å²) in [6.45, 7) is 9.09. The first kappa shape index (κ1) is 21.6. The van der Waals surface area contributed by atoms with E-state index >= 15 is 0 Å². The third-order valence-electron chi connectivity index (χ3n) is 5.72. The van der Waals surface area contributed by atoms with E-state index in [0.29, 0.717) is 14.7 Å². The van der Waals surface area contributed by atoms with Gasteiger partial charge in [0.25, 0.3) is 0 Å². The predicted molar refractivity (Wildman–Crippen MR) is 128 cm³/mol. The molecule has 0 aromatic heterocycles. The van der Waals surface area contributed by atoms with E-state index in [1.165, 1.54) is 39.8 Å². The van der Waals surface area contributed by atoms with Crippen LogP contribution in [0.3, 0.4) is 0 Å². The van der Waals surface area contributed by atoms with Gasteiger partial charge >= 0.3 is 0 Å². The molecule has 3 rings (SSSR count). The molecule has 0 heterocycles. The lowest BCUT2D eigenvalue weighted by Gasteiger charge is -2.15. The van der Waals surface area contributed by atoms with Crippen LogP contribution in [-0.4, -0.2) is 6.16 Å². The van der Waals surface area contributed by atoms with Crippen molar-refractivity contribution in [2.45, 2.75) is 52.9 Å². The van der Waals surface area contributed by atoms with E-state index in [0.717, 1.165) is 24.8 Å². The Bertz CT molecular complexity index is 894. The average molecular weight is 405 g/mol. The highest BCUT2D eigenvalue weighted by atomic mass is 31.1. The highest BCUT2D eigenvalue weighted by molar-refractivity contribution is 7.32. The lowest BCUT2D eigenvalue weighted by Crippen LogP contribution is -2.00. The fourth-order valence-electron chi connectivity index (χ4n) is 3.77. The Labute approximate surface area is 178 Å². The van der Waals surface area contributed by atoms with Crippen LogP contribution in [0, 0.1) is 13.8 Å². The van der Waals surface area contributed by atoms with E-state index in [1.54, 1.807) is 0 Å². The van der Waals surface area contributed by atoms with Gasteiger partial charge in [0.1, 0.15) is 5.75 Å². The van der Waals surface area contributed by atoms with Crippen LogP contribution in [-0.2, 0) is 12.8 Å². The molecule has 0 fully saturated rings. The van der Waals surface area contributed by atoms with Gasteiger partial charge in [-0.3, -0.25) is 0 Å². The molecule has 2 heteroatoms. The van der Waals surface area contributed by atoms with Crippen molar-refractivity contribution in [1.29, 1.82) is 0 Å². The molecule has 0 aliphatic carbocycles. The zero-order chi connectivity index (χ0) is 20.6. The van der Waals surface area contributed by atoms with Gasteiger partial charge in [-0.1, -0.05) is 68.4 Å². The third kappa shape index (κ3) is 6.18. The van der Waals surface area contributed by atoms with Gasteiger partial charge in [0.05, 0.1) is 8.81 Å². The molecule has 29 heavy (non-hydrogen) atoms. The maximum atomic E-state index is 5.86. The Morgan fingerprint density at radius 1 is 0.862 bits per heavy atom. The monoisotopic (exact) mass is 404 g/mol. The summed E-state index contributed by atoms with van der Waals surface area (Å²) < 4.78 is 5.86. The minimum atomic E-state index is 0.500. The molecular formula is C27H33OP. The van der Waals surface area contributed by atoms with Gasteiger partial charge in [-0.2, -0.15) is 0 Å². The Morgan fingerprint density at radius 3 is 2.28 bits per heavy atom. The van der Waals surface area contributed by atoms with Gasteiger partial charge in [0.2, 0.25) is 0 Å². The highest BCUT2D eigenvalue weighted by Crippen LogP contribution is 2.26. The van der Waals surface area contributed by atoms with Crippen molar-refractivity contribution in [3.05, 3.63) is 100 Å². The summed E-state index contributed by atoms with van der Waals surface area (Å²) in [5.74, 6) is 1.59. The first-order chi connectivity index (χ1) is 14.1. The molecule has 3 aromatic rings. The molecular weight excluding hydrogens is 371 g/mol. The van der Waals surface area contributed by atoms with Gasteiger partial charge in [0.15, 0.2) is 0 Å². The molecule has 0 N–H and O–H groups in total. The molecule has 0 saturated carbocycles. The molecule has 0 amide bonds. The van der Waals surface area contributed by atoms with Gasteiger partial charge in [-0.15, -0.1) is 0 Å². The second kappa shape index (κ2) is 10.6. The Hall–Kier alpha value is -2.11. The molecule has 0 spiro atoms. The quantitative estimate of drug-likeness (QED) is 0.263. The van der Waals surface area contributed by atoms with Gasteiger partial charge in [-0.25, -0.2) is 0 Å². The number of rotatable bonds is 9. The molecule has 0 radical (unpaired) electrons. The summed E-state index contributed by atoms with van der Waals surface area (Å²) in [6, 6.07) is 24.0. The first-order valence-corrected chi connectivity index (χ1v) is 11.8. The minimum Gasteiger partial charge on any atom is -0.477 e. The van der Waals surface area contributed by atoms with Crippen molar-refractivity contribution in [3.8, 4) is 5.75 Å². The van der Waals surface area contributed by atoms with E-state index < -0.39 is 0 Å². The summed E-state index contributed by atoms with van der Waals surface area (Å²) in [5.41, 5.74) is 8.57. The van der Waals surface area contributed by atoms with Crippen LogP contribution >= 0.6 is 8.81 Å². The number of para-hydroxylation sites is 1. The van der Waals surface area contributed by atoms with Crippen molar-refractivity contribution in [2.24, 2.45) is 0 Å². The summed E-state index contributed by atoms with van der Waals surface area (Å²) in [7, 11) is 0.500. The zero-order valence-corrected chi connectivity index (χ0v) is 19.2. The fraction of sp³-hybridized carbons (Fsp3) is 0.333. The molecule has 2 atom stereocenters. The topological polar surface area (TPSA) is 9.23 Å². The van der Waals surface area contributed by atoms with Gasteiger partial charge < -0.3 is 4.52 Å². The zero-order valence-electron chi connectivity index (χ0n) is 18.2. The van der Waals surface area contributed by atoms with Crippen LogP contribution < -0.4 is 4.52 Å². The van der Waals surface area contributed by atoms with Crippen LogP contribution in [0.15, 0.2) is 66.7 Å². The van der Waals surface area contributed by atoms with E-state index in [1.807, 2.05) is 30.3 Å². The van der Waals surface area contributed by atoms with Crippen LogP contribution in [0.4, 0.5) is 0 Å². The van der Waals surface area contributed by atoms with E-state index in [-0.39, 0.29) is 0 Å². The van der Waals surface area contributed by atoms with Gasteiger partial charge in [-0.05, 0) is 84.5 Å². The number of benzene rings is 3. The Morgan fingerprint density at radius 2 is 1.59 bits per heavy atom. The number of hydrogen-bond acceptors (Lipinski definition) is 1. The Balaban J connectivity index is 1.62. The maximum absolute atomic E-state index is 5.86.